The van der Waals surface area contributed by atoms with E-state index in [-0.39, 0.29) is 0 Å². The van der Waals surface area contributed by atoms with Gasteiger partial charge in [-0.15, -0.1) is 9.19 Å². The van der Waals surface area contributed by atoms with E-state index in [9.17, 15) is 16.8 Å². The van der Waals surface area contributed by atoms with Crippen LogP contribution >= 0.6 is 0 Å². The second-order valence-corrected chi connectivity index (χ2v) is 6.19. The second kappa shape index (κ2) is 3.52. The van der Waals surface area contributed by atoms with Gasteiger partial charge in [0.05, 0.1) is 0 Å². The SMILES string of the molecule is CN(C)S(=O)(=O)n1cnc(S(N)(=O)=O)n1. The van der Waals surface area contributed by atoms with E-state index in [2.05, 4.69) is 10.1 Å². The normalized spacial score (nSPS) is 13.3. The van der Waals surface area contributed by atoms with Crippen LogP contribution in [0, 0.1) is 0 Å². The van der Waals surface area contributed by atoms with Crippen molar-refractivity contribution in [1.82, 2.24) is 18.5 Å². The highest BCUT2D eigenvalue weighted by molar-refractivity contribution is 7.89. The molecule has 0 bridgehead atoms. The summed E-state index contributed by atoms with van der Waals surface area (Å²) >= 11 is 0. The van der Waals surface area contributed by atoms with Gasteiger partial charge in [0.2, 0.25) is 0 Å². The molecule has 0 unspecified atom stereocenters. The number of aromatic nitrogens is 3. The summed E-state index contributed by atoms with van der Waals surface area (Å²) in [5, 5.41) is 7.21. The Labute approximate surface area is 86.7 Å². The molecular weight excluding hydrogens is 246 g/mol. The van der Waals surface area contributed by atoms with E-state index in [0.29, 0.717) is 4.09 Å². The van der Waals surface area contributed by atoms with Crippen molar-refractivity contribution in [3.05, 3.63) is 6.33 Å². The van der Waals surface area contributed by atoms with Crippen molar-refractivity contribution in [3.63, 3.8) is 0 Å². The summed E-state index contributed by atoms with van der Waals surface area (Å²) in [6, 6.07) is 0. The molecule has 0 aliphatic rings. The van der Waals surface area contributed by atoms with Gasteiger partial charge in [-0.25, -0.2) is 18.5 Å². The fourth-order valence-corrected chi connectivity index (χ4v) is 1.77. The van der Waals surface area contributed by atoms with E-state index >= 15 is 0 Å². The number of primary sulfonamides is 1. The lowest BCUT2D eigenvalue weighted by Crippen LogP contribution is -2.29. The summed E-state index contributed by atoms with van der Waals surface area (Å²) in [4.78, 5) is 3.27. The molecule has 11 heteroatoms. The number of sulfonamides is 1. The third kappa shape index (κ3) is 2.31. The molecule has 0 radical (unpaired) electrons. The highest BCUT2D eigenvalue weighted by Gasteiger charge is 2.21. The molecule has 0 saturated carbocycles. The first kappa shape index (κ1) is 12.0. The van der Waals surface area contributed by atoms with E-state index in [1.54, 1.807) is 0 Å². The average Bonchev–Trinajstić information content (AvgIpc) is 2.50. The zero-order chi connectivity index (χ0) is 11.9. The van der Waals surface area contributed by atoms with Gasteiger partial charge in [0.25, 0.3) is 15.2 Å². The molecule has 1 heterocycles. The van der Waals surface area contributed by atoms with Crippen molar-refractivity contribution in [3.8, 4) is 0 Å². The van der Waals surface area contributed by atoms with Gasteiger partial charge in [0, 0.05) is 14.1 Å². The van der Waals surface area contributed by atoms with Crippen LogP contribution in [0.2, 0.25) is 0 Å². The number of hydrogen-bond acceptors (Lipinski definition) is 6. The Kier molecular flexibility index (Phi) is 2.82. The van der Waals surface area contributed by atoms with Crippen LogP contribution in [-0.4, -0.2) is 49.4 Å². The van der Waals surface area contributed by atoms with Crippen LogP contribution in [0.25, 0.3) is 0 Å². The quantitative estimate of drug-likeness (QED) is 0.640. The van der Waals surface area contributed by atoms with Crippen molar-refractivity contribution >= 4 is 20.2 Å². The predicted molar refractivity (Wildman–Crippen MR) is 49.4 cm³/mol. The fraction of sp³-hybridized carbons (Fsp3) is 0.500. The Morgan fingerprint density at radius 2 is 1.87 bits per heavy atom. The van der Waals surface area contributed by atoms with Crippen LogP contribution in [-0.2, 0) is 20.2 Å². The first-order valence-corrected chi connectivity index (χ1v) is 6.47. The largest absolute Gasteiger partial charge is 0.323 e. The zero-order valence-corrected chi connectivity index (χ0v) is 9.53. The lowest BCUT2D eigenvalue weighted by Gasteiger charge is -2.09. The smallest absolute Gasteiger partial charge is 0.222 e. The molecule has 0 amide bonds. The summed E-state index contributed by atoms with van der Waals surface area (Å²) in [5.74, 6) is 0. The number of hydrogen-bond donors (Lipinski definition) is 1. The molecule has 1 rings (SSSR count). The van der Waals surface area contributed by atoms with Crippen molar-refractivity contribution in [2.45, 2.75) is 5.16 Å². The molecule has 2 N–H and O–H groups in total. The maximum atomic E-state index is 11.4. The van der Waals surface area contributed by atoms with Gasteiger partial charge in [0.1, 0.15) is 6.33 Å². The van der Waals surface area contributed by atoms with E-state index in [0.717, 1.165) is 10.6 Å². The van der Waals surface area contributed by atoms with Crippen molar-refractivity contribution in [2.75, 3.05) is 14.1 Å². The molecule has 9 nitrogen and oxygen atoms in total. The van der Waals surface area contributed by atoms with Gasteiger partial charge in [-0.2, -0.15) is 12.7 Å². The van der Waals surface area contributed by atoms with Gasteiger partial charge in [-0.1, -0.05) is 0 Å². The molecule has 86 valence electrons. The number of nitrogens with zero attached hydrogens (tertiary/aromatic N) is 4. The Balaban J connectivity index is 3.28. The number of nitrogens with two attached hydrogens (primary N) is 1. The molecule has 15 heavy (non-hydrogen) atoms. The van der Waals surface area contributed by atoms with Crippen LogP contribution < -0.4 is 5.14 Å². The van der Waals surface area contributed by atoms with Crippen LogP contribution in [0.1, 0.15) is 0 Å². The molecule has 1 aromatic rings. The molecule has 0 aliphatic carbocycles. The number of rotatable bonds is 3. The standard InChI is InChI=1S/C4H9N5O4S2/c1-8(2)15(12,13)9-3-6-4(7-9)14(5,10)11/h3H,1-2H3,(H2,5,10,11). The van der Waals surface area contributed by atoms with Gasteiger partial charge >= 0.3 is 10.2 Å². The third-order valence-electron chi connectivity index (χ3n) is 1.40. The van der Waals surface area contributed by atoms with E-state index in [1.165, 1.54) is 14.1 Å². The average molecular weight is 255 g/mol. The van der Waals surface area contributed by atoms with Crippen molar-refractivity contribution in [2.24, 2.45) is 5.14 Å². The molecule has 0 aliphatic heterocycles. The highest BCUT2D eigenvalue weighted by atomic mass is 32.2. The molecule has 0 atom stereocenters. The predicted octanol–water partition coefficient (Wildman–Crippen LogP) is -2.42. The van der Waals surface area contributed by atoms with Gasteiger partial charge < -0.3 is 0 Å². The van der Waals surface area contributed by atoms with Crippen LogP contribution in [0.15, 0.2) is 11.5 Å². The second-order valence-electron chi connectivity index (χ2n) is 2.73. The van der Waals surface area contributed by atoms with Crippen LogP contribution in [0.5, 0.6) is 0 Å². The van der Waals surface area contributed by atoms with Gasteiger partial charge in [-0.3, -0.25) is 0 Å². The molecule has 0 saturated heterocycles. The van der Waals surface area contributed by atoms with E-state index in [1.807, 2.05) is 0 Å². The van der Waals surface area contributed by atoms with Gasteiger partial charge in [-0.05, 0) is 0 Å². The minimum Gasteiger partial charge on any atom is -0.222 e. The highest BCUT2D eigenvalue weighted by Crippen LogP contribution is 2.02. The maximum Gasteiger partial charge on any atom is 0.323 e. The topological polar surface area (TPSA) is 128 Å². The van der Waals surface area contributed by atoms with Crippen LogP contribution in [0.3, 0.4) is 0 Å². The fourth-order valence-electron chi connectivity index (χ4n) is 0.644. The first-order valence-electron chi connectivity index (χ1n) is 3.53. The third-order valence-corrected chi connectivity index (χ3v) is 3.67. The maximum absolute atomic E-state index is 11.4. The Bertz CT molecular complexity index is 556. The Morgan fingerprint density at radius 3 is 2.20 bits per heavy atom. The van der Waals surface area contributed by atoms with Crippen molar-refractivity contribution < 1.29 is 16.8 Å². The van der Waals surface area contributed by atoms with Crippen LogP contribution in [0.4, 0.5) is 0 Å². The summed E-state index contributed by atoms with van der Waals surface area (Å²) in [5.41, 5.74) is 0. The lowest BCUT2D eigenvalue weighted by molar-refractivity contribution is 0.502. The molecule has 1 aromatic heterocycles. The lowest BCUT2D eigenvalue weighted by atomic mass is 11.3. The van der Waals surface area contributed by atoms with E-state index in [4.69, 9.17) is 5.14 Å². The summed E-state index contributed by atoms with van der Waals surface area (Å²) in [6.45, 7) is 0. The zero-order valence-electron chi connectivity index (χ0n) is 7.89. The molecular formula is C4H9N5O4S2. The Morgan fingerprint density at radius 1 is 1.33 bits per heavy atom. The van der Waals surface area contributed by atoms with E-state index < -0.39 is 25.4 Å². The summed E-state index contributed by atoms with van der Waals surface area (Å²) < 4.78 is 45.7. The Hall–Kier alpha value is -1.04. The van der Waals surface area contributed by atoms with Crippen molar-refractivity contribution in [1.29, 1.82) is 0 Å². The summed E-state index contributed by atoms with van der Waals surface area (Å²) in [7, 11) is -5.41. The molecule has 0 spiro atoms. The monoisotopic (exact) mass is 255 g/mol. The summed E-state index contributed by atoms with van der Waals surface area (Å²) in [6.07, 6.45) is 0.759. The molecule has 0 fully saturated rings. The minimum absolute atomic E-state index is 0.423. The minimum atomic E-state index is -4.09. The molecule has 0 aromatic carbocycles. The van der Waals surface area contributed by atoms with Gasteiger partial charge in [0.15, 0.2) is 0 Å². The first-order chi connectivity index (χ1) is 6.65.